The van der Waals surface area contributed by atoms with Gasteiger partial charge in [-0.1, -0.05) is 5.16 Å². The van der Waals surface area contributed by atoms with Crippen molar-refractivity contribution in [1.29, 1.82) is 0 Å². The molecule has 0 bridgehead atoms. The molecule has 2 fully saturated rings. The van der Waals surface area contributed by atoms with Gasteiger partial charge in [0.2, 0.25) is 0 Å². The topological polar surface area (TPSA) is 63.4 Å². The maximum atomic E-state index is 5.18. The lowest BCUT2D eigenvalue weighted by Gasteiger charge is -2.38. The zero-order valence-electron chi connectivity index (χ0n) is 17.7. The number of nitrogens with zero attached hydrogens (tertiary/aromatic N) is 6. The van der Waals surface area contributed by atoms with Crippen molar-refractivity contribution < 1.29 is 4.52 Å². The van der Waals surface area contributed by atoms with Crippen molar-refractivity contribution in [1.82, 2.24) is 30.1 Å². The highest BCUT2D eigenvalue weighted by molar-refractivity contribution is 14.0. The van der Waals surface area contributed by atoms with E-state index in [1.54, 1.807) is 0 Å². The Hall–Kier alpha value is -0.910. The molecule has 1 aromatic rings. The number of nitrogens with one attached hydrogen (secondary N) is 1. The van der Waals surface area contributed by atoms with Crippen LogP contribution in [0, 0.1) is 6.92 Å². The Morgan fingerprint density at radius 2 is 1.96 bits per heavy atom. The maximum absolute atomic E-state index is 5.18. The smallest absolute Gasteiger partial charge is 0.194 e. The molecule has 2 aliphatic rings. The van der Waals surface area contributed by atoms with Crippen LogP contribution in [-0.4, -0.2) is 110 Å². The molecule has 1 aromatic heterocycles. The minimum Gasteiger partial charge on any atom is -0.361 e. The second-order valence-electron chi connectivity index (χ2n) is 7.78. The number of hydrogen-bond acceptors (Lipinski definition) is 6. The van der Waals surface area contributed by atoms with Gasteiger partial charge in [0.15, 0.2) is 5.96 Å². The fourth-order valence-corrected chi connectivity index (χ4v) is 3.76. The zero-order valence-corrected chi connectivity index (χ0v) is 20.1. The lowest BCUT2D eigenvalue weighted by molar-refractivity contribution is 0.119. The van der Waals surface area contributed by atoms with E-state index in [-0.39, 0.29) is 24.0 Å². The molecule has 9 heteroatoms. The zero-order chi connectivity index (χ0) is 19.2. The number of aliphatic imine (C=N–C) groups is 1. The van der Waals surface area contributed by atoms with E-state index in [1.165, 1.54) is 0 Å². The molecule has 2 aliphatic heterocycles. The van der Waals surface area contributed by atoms with Crippen LogP contribution in [0.2, 0.25) is 0 Å². The summed E-state index contributed by atoms with van der Waals surface area (Å²) in [6, 6.07) is 2.52. The van der Waals surface area contributed by atoms with Crippen molar-refractivity contribution in [3.63, 3.8) is 0 Å². The fourth-order valence-electron chi connectivity index (χ4n) is 3.76. The summed E-state index contributed by atoms with van der Waals surface area (Å²) in [5, 5.41) is 7.60. The molecule has 0 saturated carbocycles. The number of hydrogen-bond donors (Lipinski definition) is 1. The molecular weight excluding hydrogens is 469 g/mol. The molecule has 0 spiro atoms. The molecule has 3 rings (SSSR count). The van der Waals surface area contributed by atoms with Gasteiger partial charge < -0.3 is 19.6 Å². The van der Waals surface area contributed by atoms with E-state index in [4.69, 9.17) is 9.52 Å². The first-order valence-electron chi connectivity index (χ1n) is 10.1. The Labute approximate surface area is 186 Å². The van der Waals surface area contributed by atoms with E-state index in [1.807, 2.05) is 13.0 Å². The van der Waals surface area contributed by atoms with Crippen molar-refractivity contribution in [2.45, 2.75) is 26.4 Å². The first-order chi connectivity index (χ1) is 13.0. The first kappa shape index (κ1) is 23.4. The van der Waals surface area contributed by atoms with Crippen LogP contribution in [0.4, 0.5) is 0 Å². The van der Waals surface area contributed by atoms with Crippen LogP contribution in [0.1, 0.15) is 18.4 Å². The monoisotopic (exact) mass is 505 g/mol. The number of aryl methyl sites for hydroxylation is 1. The molecule has 2 saturated heterocycles. The summed E-state index contributed by atoms with van der Waals surface area (Å²) in [6.07, 6.45) is 0. The lowest BCUT2D eigenvalue weighted by Crippen LogP contribution is -2.54. The molecule has 1 unspecified atom stereocenters. The van der Waals surface area contributed by atoms with Gasteiger partial charge in [0.1, 0.15) is 5.76 Å². The number of halogens is 1. The second kappa shape index (κ2) is 11.3. The third-order valence-corrected chi connectivity index (χ3v) is 5.50. The number of likely N-dealkylation sites (N-methyl/N-ethyl adjacent to an activating group) is 2. The Morgan fingerprint density at radius 1 is 1.21 bits per heavy atom. The van der Waals surface area contributed by atoms with Gasteiger partial charge in [-0.05, 0) is 27.9 Å². The molecule has 0 aromatic carbocycles. The molecule has 0 amide bonds. The molecule has 1 N–H and O–H groups in total. The van der Waals surface area contributed by atoms with Crippen LogP contribution in [0.3, 0.4) is 0 Å². The van der Waals surface area contributed by atoms with Crippen LogP contribution in [0.15, 0.2) is 15.6 Å². The standard InChI is InChI=1S/C19H35N7O.HI/c1-5-20-19(21-13-18-15-23(3)6-7-24(18)4)26-10-8-25(9-11-26)14-17-12-16(2)27-22-17;/h12,18H,5-11,13-15H2,1-4H3,(H,20,21);1H. The van der Waals surface area contributed by atoms with E-state index < -0.39 is 0 Å². The summed E-state index contributed by atoms with van der Waals surface area (Å²) >= 11 is 0. The Bertz CT molecular complexity index is 615. The highest BCUT2D eigenvalue weighted by atomic mass is 127. The number of guanidine groups is 1. The van der Waals surface area contributed by atoms with Gasteiger partial charge in [-0.2, -0.15) is 0 Å². The molecule has 8 nitrogen and oxygen atoms in total. The molecular formula is C19H36IN7O. The van der Waals surface area contributed by atoms with Gasteiger partial charge in [0, 0.05) is 71.0 Å². The maximum Gasteiger partial charge on any atom is 0.194 e. The van der Waals surface area contributed by atoms with Crippen LogP contribution < -0.4 is 5.32 Å². The van der Waals surface area contributed by atoms with E-state index in [9.17, 15) is 0 Å². The van der Waals surface area contributed by atoms with E-state index in [0.29, 0.717) is 6.04 Å². The molecule has 3 heterocycles. The predicted molar refractivity (Wildman–Crippen MR) is 123 cm³/mol. The summed E-state index contributed by atoms with van der Waals surface area (Å²) in [7, 11) is 4.41. The van der Waals surface area contributed by atoms with E-state index in [2.05, 4.69) is 51.1 Å². The van der Waals surface area contributed by atoms with Gasteiger partial charge in [0.05, 0.1) is 12.2 Å². The molecule has 0 radical (unpaired) electrons. The third kappa shape index (κ3) is 6.57. The predicted octanol–water partition coefficient (Wildman–Crippen LogP) is 0.930. The summed E-state index contributed by atoms with van der Waals surface area (Å²) < 4.78 is 5.18. The van der Waals surface area contributed by atoms with Gasteiger partial charge in [-0.25, -0.2) is 0 Å². The summed E-state index contributed by atoms with van der Waals surface area (Å²) in [5.74, 6) is 1.93. The van der Waals surface area contributed by atoms with Crippen LogP contribution in [0.5, 0.6) is 0 Å². The van der Waals surface area contributed by atoms with Gasteiger partial charge in [0.25, 0.3) is 0 Å². The second-order valence-corrected chi connectivity index (χ2v) is 7.78. The third-order valence-electron chi connectivity index (χ3n) is 5.50. The first-order valence-corrected chi connectivity index (χ1v) is 10.1. The number of rotatable bonds is 5. The average molecular weight is 505 g/mol. The Balaban J connectivity index is 0.00000280. The van der Waals surface area contributed by atoms with Crippen LogP contribution >= 0.6 is 24.0 Å². The molecule has 28 heavy (non-hydrogen) atoms. The number of piperazine rings is 2. The Morgan fingerprint density at radius 3 is 2.61 bits per heavy atom. The average Bonchev–Trinajstić information content (AvgIpc) is 3.07. The van der Waals surface area contributed by atoms with E-state index >= 15 is 0 Å². The van der Waals surface area contributed by atoms with Crippen molar-refractivity contribution in [3.05, 3.63) is 17.5 Å². The normalized spacial score (nSPS) is 22.9. The van der Waals surface area contributed by atoms with Crippen molar-refractivity contribution in [2.75, 3.05) is 73.0 Å². The molecule has 160 valence electrons. The minimum absolute atomic E-state index is 0. The fraction of sp³-hybridized carbons (Fsp3) is 0.789. The van der Waals surface area contributed by atoms with Crippen molar-refractivity contribution in [2.24, 2.45) is 4.99 Å². The summed E-state index contributed by atoms with van der Waals surface area (Å²) in [4.78, 5) is 14.6. The van der Waals surface area contributed by atoms with E-state index in [0.717, 1.165) is 82.9 Å². The number of aromatic nitrogens is 1. The quantitative estimate of drug-likeness (QED) is 0.363. The van der Waals surface area contributed by atoms with Crippen LogP contribution in [-0.2, 0) is 6.54 Å². The van der Waals surface area contributed by atoms with Crippen LogP contribution in [0.25, 0.3) is 0 Å². The Kier molecular flexibility index (Phi) is 9.45. The SMILES string of the molecule is CCNC(=NCC1CN(C)CCN1C)N1CCN(Cc2cc(C)on2)CC1.I. The molecule has 0 aliphatic carbocycles. The molecule has 1 atom stereocenters. The van der Waals surface area contributed by atoms with Gasteiger partial charge in [-0.3, -0.25) is 14.8 Å². The highest BCUT2D eigenvalue weighted by Gasteiger charge is 2.24. The van der Waals surface area contributed by atoms with Gasteiger partial charge in [-0.15, -0.1) is 24.0 Å². The van der Waals surface area contributed by atoms with Crippen molar-refractivity contribution >= 4 is 29.9 Å². The minimum atomic E-state index is 0. The van der Waals surface area contributed by atoms with Gasteiger partial charge >= 0.3 is 0 Å². The lowest BCUT2D eigenvalue weighted by atomic mass is 10.2. The summed E-state index contributed by atoms with van der Waals surface area (Å²) in [5.41, 5.74) is 1.02. The van der Waals surface area contributed by atoms with Crippen molar-refractivity contribution in [3.8, 4) is 0 Å². The largest absolute Gasteiger partial charge is 0.361 e. The summed E-state index contributed by atoms with van der Waals surface area (Å²) in [6.45, 7) is 14.0. The highest BCUT2D eigenvalue weighted by Crippen LogP contribution is 2.10.